The van der Waals surface area contributed by atoms with Crippen LogP contribution in [0.1, 0.15) is 64.7 Å². The molecule has 0 saturated heterocycles. The summed E-state index contributed by atoms with van der Waals surface area (Å²) >= 11 is 0. The van der Waals surface area contributed by atoms with Crippen molar-refractivity contribution >= 4 is 23.9 Å². The summed E-state index contributed by atoms with van der Waals surface area (Å²) in [7, 11) is 0. The molecule has 1 N–H and O–H groups in total. The number of rotatable bonds is 8. The third kappa shape index (κ3) is 8.90. The quantitative estimate of drug-likeness (QED) is 0.255. The molecular formula is C33H40O10. The van der Waals surface area contributed by atoms with E-state index < -0.39 is 66.4 Å². The van der Waals surface area contributed by atoms with Crippen molar-refractivity contribution in [2.45, 2.75) is 85.1 Å². The number of carbonyl (C=O) groups excluding carboxylic acids is 4. The van der Waals surface area contributed by atoms with Gasteiger partial charge in [-0.2, -0.15) is 0 Å². The fourth-order valence-electron chi connectivity index (χ4n) is 5.35. The molecule has 10 nitrogen and oxygen atoms in total. The third-order valence-corrected chi connectivity index (χ3v) is 7.17. The molecule has 1 aliphatic heterocycles. The Morgan fingerprint density at radius 2 is 1.63 bits per heavy atom. The minimum Gasteiger partial charge on any atom is -0.462 e. The van der Waals surface area contributed by atoms with Gasteiger partial charge >= 0.3 is 23.9 Å². The summed E-state index contributed by atoms with van der Waals surface area (Å²) < 4.78 is 28.6. The zero-order chi connectivity index (χ0) is 31.8. The number of allylic oxidation sites excluding steroid dienone is 2. The van der Waals surface area contributed by atoms with Gasteiger partial charge in [0.1, 0.15) is 12.2 Å². The van der Waals surface area contributed by atoms with Crippen molar-refractivity contribution in [2.75, 3.05) is 0 Å². The number of ether oxygens (including phenoxy) is 5. The topological polar surface area (TPSA) is 135 Å². The average molecular weight is 597 g/mol. The third-order valence-electron chi connectivity index (χ3n) is 7.17. The normalized spacial score (nSPS) is 26.1. The second kappa shape index (κ2) is 14.8. The maximum atomic E-state index is 13.2. The number of aliphatic hydroxyl groups excluding tert-OH is 1. The highest BCUT2D eigenvalue weighted by Gasteiger charge is 2.48. The highest BCUT2D eigenvalue weighted by atomic mass is 16.7. The lowest BCUT2D eigenvalue weighted by Crippen LogP contribution is -2.47. The molecule has 1 aromatic rings. The largest absolute Gasteiger partial charge is 0.462 e. The lowest BCUT2D eigenvalue weighted by molar-refractivity contribution is -0.183. The maximum absolute atomic E-state index is 13.2. The molecule has 0 fully saturated rings. The zero-order valence-electron chi connectivity index (χ0n) is 25.4. The lowest BCUT2D eigenvalue weighted by atomic mass is 9.73. The van der Waals surface area contributed by atoms with E-state index in [4.69, 9.17) is 23.7 Å². The Bertz CT molecular complexity index is 1300. The molecular weight excluding hydrogens is 556 g/mol. The first-order valence-electron chi connectivity index (χ1n) is 14.1. The molecule has 0 saturated carbocycles. The van der Waals surface area contributed by atoms with Crippen LogP contribution >= 0.6 is 0 Å². The average Bonchev–Trinajstić information content (AvgIpc) is 2.96. The number of carbonyl (C=O) groups is 4. The molecule has 43 heavy (non-hydrogen) atoms. The van der Waals surface area contributed by atoms with Crippen molar-refractivity contribution in [1.82, 2.24) is 0 Å². The molecule has 0 spiro atoms. The Morgan fingerprint density at radius 1 is 0.977 bits per heavy atom. The summed E-state index contributed by atoms with van der Waals surface area (Å²) in [6, 6.07) is 8.42. The molecule has 10 heteroatoms. The molecule has 1 unspecified atom stereocenters. The highest BCUT2D eigenvalue weighted by molar-refractivity contribution is 5.89. The first-order chi connectivity index (χ1) is 20.3. The smallest absolute Gasteiger partial charge is 0.338 e. The second-order valence-electron chi connectivity index (χ2n) is 11.0. The fraction of sp³-hybridized carbons (Fsp3) is 0.455. The summed E-state index contributed by atoms with van der Waals surface area (Å²) in [4.78, 5) is 49.6. The molecule has 0 bridgehead atoms. The van der Waals surface area contributed by atoms with Gasteiger partial charge in [0, 0.05) is 32.3 Å². The van der Waals surface area contributed by atoms with Crippen LogP contribution in [-0.2, 0) is 38.1 Å². The first-order valence-corrected chi connectivity index (χ1v) is 14.1. The Balaban J connectivity index is 2.14. The first kappa shape index (κ1) is 33.3. The van der Waals surface area contributed by atoms with E-state index >= 15 is 0 Å². The van der Waals surface area contributed by atoms with Gasteiger partial charge in [-0.3, -0.25) is 14.4 Å². The maximum Gasteiger partial charge on any atom is 0.338 e. The van der Waals surface area contributed by atoms with Crippen LogP contribution in [-0.4, -0.2) is 59.7 Å². The van der Waals surface area contributed by atoms with E-state index in [-0.39, 0.29) is 5.57 Å². The van der Waals surface area contributed by atoms with Crippen LogP contribution in [0, 0.1) is 11.8 Å². The Labute approximate surface area is 252 Å². The van der Waals surface area contributed by atoms with Crippen LogP contribution in [0.5, 0.6) is 0 Å². The van der Waals surface area contributed by atoms with Gasteiger partial charge < -0.3 is 28.8 Å². The summed E-state index contributed by atoms with van der Waals surface area (Å²) in [6.45, 7) is 13.3. The van der Waals surface area contributed by atoms with E-state index in [1.165, 1.54) is 27.0 Å². The number of esters is 4. The van der Waals surface area contributed by atoms with Crippen molar-refractivity contribution < 1.29 is 48.0 Å². The van der Waals surface area contributed by atoms with E-state index in [1.807, 2.05) is 20.8 Å². The molecule has 1 aliphatic carbocycles. The van der Waals surface area contributed by atoms with Gasteiger partial charge in [-0.15, -0.1) is 0 Å². The van der Waals surface area contributed by atoms with E-state index in [9.17, 15) is 24.3 Å². The Hall–Kier alpha value is -4.18. The standard InChI is InChI=1S/C33H40O10/c1-18(2)15-28(43-32(38)24-11-9-8-10-12-24)31(41-22(6)35)26-17-39-33(42-23(7)36)29-20(4)30(37)27(40-21(5)34)16-19(3)13-14-25(26)29/h8-12,15-17,25,27-31,33,37H,4,13-14H2,1-3,5-7H3/b19-16+/t25-,27+,28-,29?,30+,31+,33-/m1/s1. The fourth-order valence-corrected chi connectivity index (χ4v) is 5.35. The van der Waals surface area contributed by atoms with Crippen LogP contribution in [0.4, 0.5) is 0 Å². The number of benzene rings is 1. The van der Waals surface area contributed by atoms with Gasteiger partial charge in [-0.25, -0.2) is 4.79 Å². The zero-order valence-corrected chi connectivity index (χ0v) is 25.4. The van der Waals surface area contributed by atoms with Crippen molar-refractivity contribution in [3.8, 4) is 0 Å². The van der Waals surface area contributed by atoms with Crippen molar-refractivity contribution in [1.29, 1.82) is 0 Å². The van der Waals surface area contributed by atoms with E-state index in [0.717, 1.165) is 11.1 Å². The Morgan fingerprint density at radius 3 is 2.21 bits per heavy atom. The summed E-state index contributed by atoms with van der Waals surface area (Å²) in [5.74, 6) is -3.86. The van der Waals surface area contributed by atoms with Gasteiger partial charge in [-0.05, 0) is 63.5 Å². The van der Waals surface area contributed by atoms with Crippen molar-refractivity contribution in [3.63, 3.8) is 0 Å². The molecule has 2 aliphatic rings. The SMILES string of the molecule is C=C1C2[C@@H](OC(C)=O)OC=C([C@H](OC(C)=O)[C@@H](C=C(C)C)OC(=O)c3ccccc3)[C@H]2CC/C(C)=C/[C@H](OC(C)=O)[C@H]1O. The predicted octanol–water partition coefficient (Wildman–Crippen LogP) is 4.73. The Kier molecular flexibility index (Phi) is 11.5. The molecule has 0 radical (unpaired) electrons. The summed E-state index contributed by atoms with van der Waals surface area (Å²) in [6.07, 6.45) is -0.171. The molecule has 232 valence electrons. The number of hydrogen-bond donors (Lipinski definition) is 1. The second-order valence-corrected chi connectivity index (χ2v) is 11.0. The number of hydrogen-bond acceptors (Lipinski definition) is 10. The molecule has 7 atom stereocenters. The molecule has 0 aromatic heterocycles. The molecule has 3 rings (SSSR count). The summed E-state index contributed by atoms with van der Waals surface area (Å²) in [5.41, 5.74) is 2.58. The molecule has 0 amide bonds. The van der Waals surface area contributed by atoms with Gasteiger partial charge in [-0.1, -0.05) is 35.9 Å². The van der Waals surface area contributed by atoms with Gasteiger partial charge in [0.2, 0.25) is 6.29 Å². The highest BCUT2D eigenvalue weighted by Crippen LogP contribution is 2.44. The molecule has 1 aromatic carbocycles. The van der Waals surface area contributed by atoms with Crippen molar-refractivity contribution in [2.24, 2.45) is 11.8 Å². The van der Waals surface area contributed by atoms with E-state index in [1.54, 1.807) is 42.5 Å². The van der Waals surface area contributed by atoms with Crippen LogP contribution in [0.25, 0.3) is 0 Å². The molecule has 1 heterocycles. The van der Waals surface area contributed by atoms with Gasteiger partial charge in [0.05, 0.1) is 17.7 Å². The minimum atomic E-state index is -1.37. The number of fused-ring (bicyclic) bond motifs is 1. The number of aliphatic hydroxyl groups is 1. The summed E-state index contributed by atoms with van der Waals surface area (Å²) in [5, 5.41) is 11.4. The van der Waals surface area contributed by atoms with Gasteiger partial charge in [0.15, 0.2) is 12.2 Å². The van der Waals surface area contributed by atoms with Crippen LogP contribution in [0.15, 0.2) is 77.6 Å². The lowest BCUT2D eigenvalue weighted by Gasteiger charge is -2.42. The van der Waals surface area contributed by atoms with Crippen LogP contribution in [0.3, 0.4) is 0 Å². The van der Waals surface area contributed by atoms with Crippen LogP contribution in [0.2, 0.25) is 0 Å². The minimum absolute atomic E-state index is 0.195. The van der Waals surface area contributed by atoms with Gasteiger partial charge in [0.25, 0.3) is 0 Å². The van der Waals surface area contributed by atoms with Crippen LogP contribution < -0.4 is 0 Å². The van der Waals surface area contributed by atoms with E-state index in [2.05, 4.69) is 6.58 Å². The van der Waals surface area contributed by atoms with Crippen molar-refractivity contribution in [3.05, 3.63) is 83.2 Å². The predicted molar refractivity (Wildman–Crippen MR) is 156 cm³/mol. The monoisotopic (exact) mass is 596 g/mol. The van der Waals surface area contributed by atoms with E-state index in [0.29, 0.717) is 24.0 Å².